The predicted molar refractivity (Wildman–Crippen MR) is 77.4 cm³/mol. The van der Waals surface area contributed by atoms with E-state index in [9.17, 15) is 0 Å². The Labute approximate surface area is 116 Å². The lowest BCUT2D eigenvalue weighted by atomic mass is 10.1. The maximum Gasteiger partial charge on any atom is 0.137 e. The highest BCUT2D eigenvalue weighted by molar-refractivity contribution is 6.20. The summed E-state index contributed by atoms with van der Waals surface area (Å²) in [6, 6.07) is 8.03. The lowest BCUT2D eigenvalue weighted by Crippen LogP contribution is -1.95. The average molecular weight is 272 g/mol. The minimum atomic E-state index is -0.118. The number of rotatable bonds is 2. The van der Waals surface area contributed by atoms with E-state index in [0.29, 0.717) is 0 Å². The number of pyridine rings is 2. The van der Waals surface area contributed by atoms with E-state index in [1.807, 2.05) is 35.9 Å². The molecule has 19 heavy (non-hydrogen) atoms. The van der Waals surface area contributed by atoms with Crippen LogP contribution in [-0.4, -0.2) is 14.4 Å². The molecule has 3 aromatic heterocycles. The van der Waals surface area contributed by atoms with Gasteiger partial charge in [-0.2, -0.15) is 0 Å². The van der Waals surface area contributed by atoms with Crippen molar-refractivity contribution in [2.75, 3.05) is 0 Å². The lowest BCUT2D eigenvalue weighted by Gasteiger charge is -2.06. The van der Waals surface area contributed by atoms with Crippen LogP contribution in [0.2, 0.25) is 0 Å². The quantitative estimate of drug-likeness (QED) is 0.660. The zero-order valence-corrected chi connectivity index (χ0v) is 11.6. The SMILES string of the molecule is Cc1ccn2c(C(C)Cl)c(-c3cccnc3)nc2c1. The third-order valence-electron chi connectivity index (χ3n) is 3.13. The Balaban J connectivity index is 2.32. The molecule has 0 aliphatic heterocycles. The molecule has 0 fully saturated rings. The van der Waals surface area contributed by atoms with Crippen molar-refractivity contribution in [3.8, 4) is 11.3 Å². The minimum Gasteiger partial charge on any atom is -0.302 e. The van der Waals surface area contributed by atoms with Crippen molar-refractivity contribution in [2.24, 2.45) is 0 Å². The lowest BCUT2D eigenvalue weighted by molar-refractivity contribution is 0.963. The molecule has 0 amide bonds. The van der Waals surface area contributed by atoms with E-state index >= 15 is 0 Å². The smallest absolute Gasteiger partial charge is 0.137 e. The number of aromatic nitrogens is 3. The standard InChI is InChI=1S/C15H14ClN3/c1-10-5-7-19-13(8-10)18-14(15(19)11(2)16)12-4-3-6-17-9-12/h3-9,11H,1-2H3. The van der Waals surface area contributed by atoms with Crippen LogP contribution in [0.5, 0.6) is 0 Å². The fourth-order valence-electron chi connectivity index (χ4n) is 2.26. The van der Waals surface area contributed by atoms with Gasteiger partial charge in [-0.3, -0.25) is 4.98 Å². The molecule has 0 spiro atoms. The summed E-state index contributed by atoms with van der Waals surface area (Å²) in [7, 11) is 0. The Morgan fingerprint density at radius 1 is 1.32 bits per heavy atom. The fraction of sp³-hybridized carbons (Fsp3) is 0.200. The first kappa shape index (κ1) is 12.2. The molecule has 1 atom stereocenters. The number of aryl methyl sites for hydroxylation is 1. The maximum atomic E-state index is 6.34. The van der Waals surface area contributed by atoms with Crippen LogP contribution in [-0.2, 0) is 0 Å². The van der Waals surface area contributed by atoms with E-state index in [1.54, 1.807) is 6.20 Å². The molecule has 3 rings (SSSR count). The van der Waals surface area contributed by atoms with E-state index in [1.165, 1.54) is 5.56 Å². The maximum absolute atomic E-state index is 6.34. The van der Waals surface area contributed by atoms with Crippen molar-refractivity contribution in [3.05, 3.63) is 54.1 Å². The number of hydrogen-bond acceptors (Lipinski definition) is 2. The van der Waals surface area contributed by atoms with Crippen LogP contribution in [0, 0.1) is 6.92 Å². The number of halogens is 1. The molecule has 0 aliphatic rings. The van der Waals surface area contributed by atoms with Gasteiger partial charge in [0.05, 0.1) is 16.8 Å². The van der Waals surface area contributed by atoms with Crippen LogP contribution < -0.4 is 0 Å². The van der Waals surface area contributed by atoms with Crippen LogP contribution in [0.15, 0.2) is 42.9 Å². The van der Waals surface area contributed by atoms with E-state index < -0.39 is 0 Å². The Hall–Kier alpha value is -1.87. The average Bonchev–Trinajstić information content (AvgIpc) is 2.78. The summed E-state index contributed by atoms with van der Waals surface area (Å²) in [6.07, 6.45) is 5.59. The van der Waals surface area contributed by atoms with Crippen LogP contribution in [0.1, 0.15) is 23.6 Å². The number of fused-ring (bicyclic) bond motifs is 1. The number of alkyl halides is 1. The monoisotopic (exact) mass is 271 g/mol. The number of hydrogen-bond donors (Lipinski definition) is 0. The highest BCUT2D eigenvalue weighted by Gasteiger charge is 2.17. The highest BCUT2D eigenvalue weighted by Crippen LogP contribution is 2.31. The molecule has 1 unspecified atom stereocenters. The van der Waals surface area contributed by atoms with Crippen LogP contribution in [0.4, 0.5) is 0 Å². The summed E-state index contributed by atoms with van der Waals surface area (Å²) >= 11 is 6.34. The highest BCUT2D eigenvalue weighted by atomic mass is 35.5. The van der Waals surface area contributed by atoms with Gasteiger partial charge in [0, 0.05) is 24.2 Å². The van der Waals surface area contributed by atoms with Gasteiger partial charge in [0.1, 0.15) is 5.65 Å². The third kappa shape index (κ3) is 2.10. The van der Waals surface area contributed by atoms with Crippen molar-refractivity contribution < 1.29 is 0 Å². The molecule has 3 nitrogen and oxygen atoms in total. The van der Waals surface area contributed by atoms with Crippen molar-refractivity contribution >= 4 is 17.2 Å². The summed E-state index contributed by atoms with van der Waals surface area (Å²) in [6.45, 7) is 4.02. The van der Waals surface area contributed by atoms with Crippen molar-refractivity contribution in [1.82, 2.24) is 14.4 Å². The number of imidazole rings is 1. The summed E-state index contributed by atoms with van der Waals surface area (Å²) < 4.78 is 2.05. The topological polar surface area (TPSA) is 30.2 Å². The molecule has 4 heteroatoms. The van der Waals surface area contributed by atoms with Gasteiger partial charge >= 0.3 is 0 Å². The van der Waals surface area contributed by atoms with Crippen molar-refractivity contribution in [1.29, 1.82) is 0 Å². The van der Waals surface area contributed by atoms with E-state index in [0.717, 1.165) is 22.6 Å². The molecule has 0 N–H and O–H groups in total. The van der Waals surface area contributed by atoms with Gasteiger partial charge in [0.2, 0.25) is 0 Å². The molecular weight excluding hydrogens is 258 g/mol. The molecule has 0 bridgehead atoms. The van der Waals surface area contributed by atoms with Gasteiger partial charge < -0.3 is 4.40 Å². The van der Waals surface area contributed by atoms with Crippen LogP contribution in [0.25, 0.3) is 16.9 Å². The Bertz CT molecular complexity index is 717. The summed E-state index contributed by atoms with van der Waals surface area (Å²) in [4.78, 5) is 8.86. The van der Waals surface area contributed by atoms with Crippen LogP contribution >= 0.6 is 11.6 Å². The largest absolute Gasteiger partial charge is 0.302 e. The molecule has 0 aliphatic carbocycles. The zero-order valence-electron chi connectivity index (χ0n) is 10.8. The first-order chi connectivity index (χ1) is 9.16. The molecule has 0 saturated heterocycles. The summed E-state index contributed by atoms with van der Waals surface area (Å²) in [5, 5.41) is -0.118. The van der Waals surface area contributed by atoms with Gasteiger partial charge in [0.15, 0.2) is 0 Å². The molecule has 0 saturated carbocycles. The van der Waals surface area contributed by atoms with E-state index in [2.05, 4.69) is 24.0 Å². The fourth-order valence-corrected chi connectivity index (χ4v) is 2.47. The van der Waals surface area contributed by atoms with E-state index in [4.69, 9.17) is 16.6 Å². The predicted octanol–water partition coefficient (Wildman–Crippen LogP) is 4.00. The Morgan fingerprint density at radius 2 is 2.16 bits per heavy atom. The van der Waals surface area contributed by atoms with Gasteiger partial charge in [0.25, 0.3) is 0 Å². The zero-order chi connectivity index (χ0) is 13.4. The second kappa shape index (κ2) is 4.67. The molecule has 3 heterocycles. The van der Waals surface area contributed by atoms with Crippen molar-refractivity contribution in [2.45, 2.75) is 19.2 Å². The molecule has 96 valence electrons. The van der Waals surface area contributed by atoms with Crippen molar-refractivity contribution in [3.63, 3.8) is 0 Å². The third-order valence-corrected chi connectivity index (χ3v) is 3.34. The molecular formula is C15H14ClN3. The first-order valence-corrected chi connectivity index (χ1v) is 6.63. The molecule has 0 aromatic carbocycles. The second-order valence-corrected chi connectivity index (χ2v) is 5.29. The summed E-state index contributed by atoms with van der Waals surface area (Å²) in [5.41, 5.74) is 5.00. The first-order valence-electron chi connectivity index (χ1n) is 6.20. The van der Waals surface area contributed by atoms with Gasteiger partial charge in [-0.1, -0.05) is 0 Å². The Kier molecular flexibility index (Phi) is 2.99. The van der Waals surface area contributed by atoms with Crippen LogP contribution in [0.3, 0.4) is 0 Å². The molecule has 3 aromatic rings. The molecule has 0 radical (unpaired) electrons. The van der Waals surface area contributed by atoms with Gasteiger partial charge in [-0.25, -0.2) is 4.98 Å². The normalized spacial score (nSPS) is 12.8. The summed E-state index contributed by atoms with van der Waals surface area (Å²) in [5.74, 6) is 0. The second-order valence-electron chi connectivity index (χ2n) is 4.64. The number of nitrogens with zero attached hydrogens (tertiary/aromatic N) is 3. The van der Waals surface area contributed by atoms with E-state index in [-0.39, 0.29) is 5.38 Å². The van der Waals surface area contributed by atoms with Gasteiger partial charge in [-0.15, -0.1) is 11.6 Å². The minimum absolute atomic E-state index is 0.118. The Morgan fingerprint density at radius 3 is 2.84 bits per heavy atom. The van der Waals surface area contributed by atoms with Gasteiger partial charge in [-0.05, 0) is 43.7 Å².